The molecule has 5 heteroatoms. The molecular weight excluding hydrogens is 180 g/mol. The second-order valence-corrected chi connectivity index (χ2v) is 2.48. The Hall–Kier alpha value is -1.39. The molecule has 0 aliphatic rings. The largest absolute Gasteiger partial charge is 0.506 e. The van der Waals surface area contributed by atoms with E-state index in [1.54, 1.807) is 0 Å². The van der Waals surface area contributed by atoms with Crippen molar-refractivity contribution in [1.29, 1.82) is 0 Å². The van der Waals surface area contributed by atoms with Crippen molar-refractivity contribution >= 4 is 0 Å². The van der Waals surface area contributed by atoms with Gasteiger partial charge in [-0.15, -0.1) is 0 Å². The minimum Gasteiger partial charge on any atom is -0.506 e. The zero-order valence-corrected chi connectivity index (χ0v) is 7.21. The van der Waals surface area contributed by atoms with Crippen LogP contribution in [-0.2, 0) is 0 Å². The number of aromatic hydroxyl groups is 1. The molecule has 0 unspecified atom stereocenters. The molecule has 0 spiro atoms. The minimum absolute atomic E-state index is 0.0602. The van der Waals surface area contributed by atoms with E-state index in [4.69, 9.17) is 9.84 Å². The van der Waals surface area contributed by atoms with Gasteiger partial charge in [-0.25, -0.2) is 8.78 Å². The van der Waals surface area contributed by atoms with E-state index in [9.17, 15) is 8.78 Å². The van der Waals surface area contributed by atoms with Crippen molar-refractivity contribution in [3.63, 3.8) is 0 Å². The number of hydrogen-bond donors (Lipinski definition) is 1. The topological polar surface area (TPSA) is 42.4 Å². The van der Waals surface area contributed by atoms with Crippen molar-refractivity contribution in [3.05, 3.63) is 17.5 Å². The molecule has 1 N–H and O–H groups in total. The van der Waals surface area contributed by atoms with Gasteiger partial charge in [0.1, 0.15) is 11.3 Å². The average Bonchev–Trinajstić information content (AvgIpc) is 2.07. The molecule has 0 saturated carbocycles. The van der Waals surface area contributed by atoms with Crippen molar-refractivity contribution in [3.8, 4) is 11.5 Å². The molecule has 0 amide bonds. The summed E-state index contributed by atoms with van der Waals surface area (Å²) in [7, 11) is 1.26. The summed E-state index contributed by atoms with van der Waals surface area (Å²) in [6, 6.07) is 0. The zero-order chi connectivity index (χ0) is 10.0. The first-order valence-electron chi connectivity index (χ1n) is 3.58. The molecule has 0 aromatic carbocycles. The predicted molar refractivity (Wildman–Crippen MR) is 42.1 cm³/mol. The summed E-state index contributed by atoms with van der Waals surface area (Å²) in [5.41, 5.74) is -0.175. The van der Waals surface area contributed by atoms with Crippen LogP contribution < -0.4 is 4.74 Å². The predicted octanol–water partition coefficient (Wildman–Crippen LogP) is 2.04. The Balaban J connectivity index is 3.35. The van der Waals surface area contributed by atoms with Crippen molar-refractivity contribution in [1.82, 2.24) is 4.98 Å². The Morgan fingerprint density at radius 3 is 2.54 bits per heavy atom. The summed E-state index contributed by atoms with van der Waals surface area (Å²) in [6.07, 6.45) is -1.78. The Morgan fingerprint density at radius 1 is 1.54 bits per heavy atom. The van der Waals surface area contributed by atoms with E-state index >= 15 is 0 Å². The van der Waals surface area contributed by atoms with Crippen LogP contribution in [0.25, 0.3) is 0 Å². The van der Waals surface area contributed by atoms with Gasteiger partial charge in [0.05, 0.1) is 19.0 Å². The maximum atomic E-state index is 12.4. The fraction of sp³-hybridized carbons (Fsp3) is 0.375. The molecular formula is C8H9F2NO2. The summed E-state index contributed by atoms with van der Waals surface area (Å²) in [6.45, 7) is 1.53. The Bertz CT molecular complexity index is 315. The van der Waals surface area contributed by atoms with E-state index < -0.39 is 17.7 Å². The fourth-order valence-corrected chi connectivity index (χ4v) is 1.07. The number of ether oxygens (including phenoxy) is 1. The molecule has 0 atom stereocenters. The number of aryl methyl sites for hydroxylation is 1. The van der Waals surface area contributed by atoms with Crippen molar-refractivity contribution in [2.75, 3.05) is 7.11 Å². The lowest BCUT2D eigenvalue weighted by atomic mass is 10.2. The van der Waals surface area contributed by atoms with Crippen molar-refractivity contribution in [2.45, 2.75) is 13.3 Å². The highest BCUT2D eigenvalue weighted by Gasteiger charge is 2.21. The molecule has 0 radical (unpaired) electrons. The Labute approximate surface area is 74.0 Å². The van der Waals surface area contributed by atoms with Crippen LogP contribution in [0.5, 0.6) is 11.5 Å². The van der Waals surface area contributed by atoms with Crippen LogP contribution in [0.4, 0.5) is 8.78 Å². The van der Waals surface area contributed by atoms with Crippen LogP contribution in [0.1, 0.15) is 17.7 Å². The van der Waals surface area contributed by atoms with Crippen LogP contribution in [0.3, 0.4) is 0 Å². The molecule has 0 bridgehead atoms. The lowest BCUT2D eigenvalue weighted by Gasteiger charge is -2.10. The number of alkyl halides is 2. The third kappa shape index (κ3) is 1.68. The van der Waals surface area contributed by atoms with Crippen LogP contribution in [0.15, 0.2) is 6.20 Å². The van der Waals surface area contributed by atoms with Crippen LogP contribution in [-0.4, -0.2) is 17.2 Å². The first kappa shape index (κ1) is 9.70. The second-order valence-electron chi connectivity index (χ2n) is 2.48. The van der Waals surface area contributed by atoms with Gasteiger partial charge in [0, 0.05) is 0 Å². The van der Waals surface area contributed by atoms with Crippen molar-refractivity contribution in [2.24, 2.45) is 0 Å². The normalized spacial score (nSPS) is 10.5. The lowest BCUT2D eigenvalue weighted by Crippen LogP contribution is -1.97. The summed E-state index contributed by atoms with van der Waals surface area (Å²) in [4.78, 5) is 3.68. The first-order chi connectivity index (χ1) is 6.07. The van der Waals surface area contributed by atoms with Gasteiger partial charge in [0.15, 0.2) is 5.75 Å². The number of rotatable bonds is 2. The van der Waals surface area contributed by atoms with Gasteiger partial charge in [0.25, 0.3) is 6.43 Å². The highest BCUT2D eigenvalue weighted by atomic mass is 19.3. The van der Waals surface area contributed by atoms with Gasteiger partial charge in [0.2, 0.25) is 0 Å². The molecule has 72 valence electrons. The average molecular weight is 189 g/mol. The number of hydrogen-bond acceptors (Lipinski definition) is 3. The van der Waals surface area contributed by atoms with E-state index in [1.807, 2.05) is 0 Å². The third-order valence-electron chi connectivity index (χ3n) is 1.65. The van der Waals surface area contributed by atoms with Crippen LogP contribution in [0, 0.1) is 6.92 Å². The van der Waals surface area contributed by atoms with Gasteiger partial charge in [-0.1, -0.05) is 0 Å². The summed E-state index contributed by atoms with van der Waals surface area (Å²) in [5.74, 6) is -0.604. The van der Waals surface area contributed by atoms with E-state index in [0.717, 1.165) is 6.20 Å². The SMILES string of the molecule is COc1c(C)ncc(O)c1C(F)F. The maximum Gasteiger partial charge on any atom is 0.271 e. The first-order valence-corrected chi connectivity index (χ1v) is 3.58. The smallest absolute Gasteiger partial charge is 0.271 e. The lowest BCUT2D eigenvalue weighted by molar-refractivity contribution is 0.142. The minimum atomic E-state index is -2.77. The van der Waals surface area contributed by atoms with Gasteiger partial charge in [-0.3, -0.25) is 4.98 Å². The number of aromatic nitrogens is 1. The number of halogens is 2. The molecule has 13 heavy (non-hydrogen) atoms. The van der Waals surface area contributed by atoms with E-state index in [-0.39, 0.29) is 5.75 Å². The Kier molecular flexibility index (Phi) is 2.65. The van der Waals surface area contributed by atoms with Crippen LogP contribution >= 0.6 is 0 Å². The molecule has 1 heterocycles. The number of nitrogens with zero attached hydrogens (tertiary/aromatic N) is 1. The van der Waals surface area contributed by atoms with Gasteiger partial charge < -0.3 is 9.84 Å². The van der Waals surface area contributed by atoms with Gasteiger partial charge >= 0.3 is 0 Å². The van der Waals surface area contributed by atoms with Gasteiger partial charge in [-0.05, 0) is 6.92 Å². The third-order valence-corrected chi connectivity index (χ3v) is 1.65. The molecule has 0 aliphatic carbocycles. The maximum absolute atomic E-state index is 12.4. The molecule has 0 aliphatic heterocycles. The van der Waals surface area contributed by atoms with Gasteiger partial charge in [-0.2, -0.15) is 0 Å². The highest BCUT2D eigenvalue weighted by molar-refractivity contribution is 5.45. The summed E-state index contributed by atoms with van der Waals surface area (Å²) < 4.78 is 29.5. The quantitative estimate of drug-likeness (QED) is 0.774. The van der Waals surface area contributed by atoms with Crippen LogP contribution in [0.2, 0.25) is 0 Å². The monoisotopic (exact) mass is 189 g/mol. The van der Waals surface area contributed by atoms with E-state index in [0.29, 0.717) is 5.69 Å². The second kappa shape index (κ2) is 3.55. The fourth-order valence-electron chi connectivity index (χ4n) is 1.07. The molecule has 1 aromatic heterocycles. The number of pyridine rings is 1. The summed E-state index contributed by atoms with van der Waals surface area (Å²) in [5, 5.41) is 9.09. The standard InChI is InChI=1S/C8H9F2NO2/c1-4-7(13-2)6(8(9)10)5(12)3-11-4/h3,8,12H,1-2H3. The molecule has 0 saturated heterocycles. The molecule has 1 aromatic rings. The van der Waals surface area contributed by atoms with Crippen molar-refractivity contribution < 1.29 is 18.6 Å². The van der Waals surface area contributed by atoms with E-state index in [2.05, 4.69) is 4.98 Å². The molecule has 0 fully saturated rings. The molecule has 1 rings (SSSR count). The Morgan fingerprint density at radius 2 is 2.15 bits per heavy atom. The van der Waals surface area contributed by atoms with E-state index in [1.165, 1.54) is 14.0 Å². The highest BCUT2D eigenvalue weighted by Crippen LogP contribution is 2.36. The molecule has 3 nitrogen and oxygen atoms in total. The number of methoxy groups -OCH3 is 1. The summed E-state index contributed by atoms with van der Waals surface area (Å²) >= 11 is 0. The zero-order valence-electron chi connectivity index (χ0n) is 7.21.